The second-order valence-corrected chi connectivity index (χ2v) is 6.01. The van der Waals surface area contributed by atoms with Gasteiger partial charge in [-0.3, -0.25) is 0 Å². The molecule has 1 fully saturated rings. The summed E-state index contributed by atoms with van der Waals surface area (Å²) in [4.78, 5) is 18.5. The fourth-order valence-corrected chi connectivity index (χ4v) is 2.68. The predicted octanol–water partition coefficient (Wildman–Crippen LogP) is 1.20. The summed E-state index contributed by atoms with van der Waals surface area (Å²) < 4.78 is 15.4. The number of anilines is 1. The van der Waals surface area contributed by atoms with Crippen LogP contribution in [-0.2, 0) is 9.47 Å². The lowest BCUT2D eigenvalue weighted by molar-refractivity contribution is 0.144. The molecule has 0 aliphatic carbocycles. The standard InChI is InChI=1S/C17H28N4O4/c1-23-8-7-21-6-5-14(13-21)11-19-17(22)20-15-3-4-16(18-12-15)25-10-9-24-2/h3-4,12,14H,5-11,13H2,1-2H3,(H2,19,20,22). The molecule has 1 aromatic heterocycles. The minimum absolute atomic E-state index is 0.217. The Hall–Kier alpha value is -1.90. The molecule has 25 heavy (non-hydrogen) atoms. The van der Waals surface area contributed by atoms with Crippen molar-refractivity contribution in [2.45, 2.75) is 6.42 Å². The maximum Gasteiger partial charge on any atom is 0.319 e. The molecule has 8 heteroatoms. The van der Waals surface area contributed by atoms with Crippen molar-refractivity contribution in [2.75, 3.05) is 65.5 Å². The monoisotopic (exact) mass is 352 g/mol. The van der Waals surface area contributed by atoms with Gasteiger partial charge in [0.25, 0.3) is 0 Å². The predicted molar refractivity (Wildman–Crippen MR) is 95.1 cm³/mol. The Bertz CT molecular complexity index is 512. The fraction of sp³-hybridized carbons (Fsp3) is 0.647. The Morgan fingerprint density at radius 2 is 2.12 bits per heavy atom. The van der Waals surface area contributed by atoms with Crippen molar-refractivity contribution in [3.05, 3.63) is 18.3 Å². The third-order valence-corrected chi connectivity index (χ3v) is 4.06. The van der Waals surface area contributed by atoms with Gasteiger partial charge in [-0.25, -0.2) is 9.78 Å². The number of rotatable bonds is 10. The van der Waals surface area contributed by atoms with E-state index in [0.717, 1.165) is 32.7 Å². The molecule has 0 saturated carbocycles. The lowest BCUT2D eigenvalue weighted by Gasteiger charge is -2.15. The van der Waals surface area contributed by atoms with Crippen molar-refractivity contribution in [2.24, 2.45) is 5.92 Å². The minimum atomic E-state index is -0.217. The molecule has 0 spiro atoms. The molecular weight excluding hydrogens is 324 g/mol. The van der Waals surface area contributed by atoms with E-state index in [1.807, 2.05) is 0 Å². The zero-order valence-electron chi connectivity index (χ0n) is 15.0. The van der Waals surface area contributed by atoms with Crippen LogP contribution in [0.4, 0.5) is 10.5 Å². The molecular formula is C17H28N4O4. The molecule has 2 heterocycles. The first-order valence-electron chi connectivity index (χ1n) is 8.55. The average molecular weight is 352 g/mol. The Morgan fingerprint density at radius 3 is 2.84 bits per heavy atom. The summed E-state index contributed by atoms with van der Waals surface area (Å²) in [5.41, 5.74) is 0.629. The van der Waals surface area contributed by atoms with E-state index in [1.165, 1.54) is 0 Å². The van der Waals surface area contributed by atoms with Crippen LogP contribution in [0.2, 0.25) is 0 Å². The van der Waals surface area contributed by atoms with Crippen LogP contribution >= 0.6 is 0 Å². The number of nitrogens with one attached hydrogen (secondary N) is 2. The zero-order valence-corrected chi connectivity index (χ0v) is 15.0. The van der Waals surface area contributed by atoms with E-state index in [9.17, 15) is 4.79 Å². The molecule has 140 valence electrons. The van der Waals surface area contributed by atoms with Gasteiger partial charge in [0.2, 0.25) is 5.88 Å². The number of carbonyl (C=O) groups is 1. The van der Waals surface area contributed by atoms with Gasteiger partial charge in [-0.15, -0.1) is 0 Å². The SMILES string of the molecule is COCCOc1ccc(NC(=O)NCC2CCN(CCOC)C2)cn1. The second-order valence-electron chi connectivity index (χ2n) is 6.01. The molecule has 1 atom stereocenters. The van der Waals surface area contributed by atoms with Crippen LogP contribution in [0.3, 0.4) is 0 Å². The second kappa shape index (κ2) is 10.9. The third kappa shape index (κ3) is 7.25. The Morgan fingerprint density at radius 1 is 1.28 bits per heavy atom. The number of ether oxygens (including phenoxy) is 3. The number of carbonyl (C=O) groups excluding carboxylic acids is 1. The van der Waals surface area contributed by atoms with Crippen LogP contribution in [0.5, 0.6) is 5.88 Å². The maximum atomic E-state index is 12.0. The largest absolute Gasteiger partial charge is 0.475 e. The highest BCUT2D eigenvalue weighted by atomic mass is 16.5. The number of urea groups is 1. The Labute approximate surface area is 148 Å². The first-order valence-corrected chi connectivity index (χ1v) is 8.55. The number of methoxy groups -OCH3 is 2. The van der Waals surface area contributed by atoms with E-state index in [4.69, 9.17) is 14.2 Å². The molecule has 0 radical (unpaired) electrons. The molecule has 1 saturated heterocycles. The molecule has 1 aromatic rings. The van der Waals surface area contributed by atoms with Crippen molar-refractivity contribution in [3.8, 4) is 5.88 Å². The molecule has 1 unspecified atom stereocenters. The lowest BCUT2D eigenvalue weighted by Crippen LogP contribution is -2.34. The number of amides is 2. The number of hydrogen-bond donors (Lipinski definition) is 2. The quantitative estimate of drug-likeness (QED) is 0.616. The van der Waals surface area contributed by atoms with Crippen LogP contribution < -0.4 is 15.4 Å². The van der Waals surface area contributed by atoms with Gasteiger partial charge in [-0.1, -0.05) is 0 Å². The maximum absolute atomic E-state index is 12.0. The van der Waals surface area contributed by atoms with E-state index < -0.39 is 0 Å². The van der Waals surface area contributed by atoms with E-state index in [-0.39, 0.29) is 6.03 Å². The van der Waals surface area contributed by atoms with Gasteiger partial charge in [-0.05, 0) is 24.9 Å². The highest BCUT2D eigenvalue weighted by molar-refractivity contribution is 5.88. The number of nitrogens with zero attached hydrogens (tertiary/aromatic N) is 2. The molecule has 2 rings (SSSR count). The van der Waals surface area contributed by atoms with E-state index in [0.29, 0.717) is 37.2 Å². The van der Waals surface area contributed by atoms with Crippen LogP contribution in [0, 0.1) is 5.92 Å². The molecule has 1 aliphatic heterocycles. The van der Waals surface area contributed by atoms with Gasteiger partial charge in [0.1, 0.15) is 6.61 Å². The first kappa shape index (κ1) is 19.4. The van der Waals surface area contributed by atoms with Gasteiger partial charge < -0.3 is 29.7 Å². The summed E-state index contributed by atoms with van der Waals surface area (Å²) in [6.45, 7) is 5.38. The molecule has 0 bridgehead atoms. The summed E-state index contributed by atoms with van der Waals surface area (Å²) >= 11 is 0. The first-order chi connectivity index (χ1) is 12.2. The normalized spacial score (nSPS) is 17.4. The summed E-state index contributed by atoms with van der Waals surface area (Å²) in [5.74, 6) is 0.988. The molecule has 0 aromatic carbocycles. The number of aromatic nitrogens is 1. The van der Waals surface area contributed by atoms with Crippen molar-refractivity contribution in [1.29, 1.82) is 0 Å². The van der Waals surface area contributed by atoms with Gasteiger partial charge in [0, 0.05) is 39.9 Å². The number of hydrogen-bond acceptors (Lipinski definition) is 6. The Kier molecular flexibility index (Phi) is 8.44. The van der Waals surface area contributed by atoms with Crippen molar-refractivity contribution in [3.63, 3.8) is 0 Å². The number of pyridine rings is 1. The van der Waals surface area contributed by atoms with Gasteiger partial charge in [0.05, 0.1) is 25.1 Å². The lowest BCUT2D eigenvalue weighted by atomic mass is 10.1. The van der Waals surface area contributed by atoms with Crippen LogP contribution in [-0.4, -0.2) is 76.1 Å². The summed E-state index contributed by atoms with van der Waals surface area (Å²) in [6.07, 6.45) is 2.67. The smallest absolute Gasteiger partial charge is 0.319 e. The fourth-order valence-electron chi connectivity index (χ4n) is 2.68. The molecule has 8 nitrogen and oxygen atoms in total. The summed E-state index contributed by atoms with van der Waals surface area (Å²) in [6, 6.07) is 3.26. The number of likely N-dealkylation sites (tertiary alicyclic amines) is 1. The highest BCUT2D eigenvalue weighted by Crippen LogP contribution is 2.15. The topological polar surface area (TPSA) is 85.0 Å². The molecule has 2 N–H and O–H groups in total. The van der Waals surface area contributed by atoms with Crippen LogP contribution in [0.25, 0.3) is 0 Å². The molecule has 1 aliphatic rings. The third-order valence-electron chi connectivity index (χ3n) is 4.06. The highest BCUT2D eigenvalue weighted by Gasteiger charge is 2.22. The average Bonchev–Trinajstić information content (AvgIpc) is 3.08. The minimum Gasteiger partial charge on any atom is -0.475 e. The van der Waals surface area contributed by atoms with Crippen molar-refractivity contribution in [1.82, 2.24) is 15.2 Å². The van der Waals surface area contributed by atoms with Crippen LogP contribution in [0.15, 0.2) is 18.3 Å². The summed E-state index contributed by atoms with van der Waals surface area (Å²) in [5, 5.41) is 5.70. The Balaban J connectivity index is 1.65. The van der Waals surface area contributed by atoms with E-state index >= 15 is 0 Å². The van der Waals surface area contributed by atoms with Crippen LogP contribution in [0.1, 0.15) is 6.42 Å². The van der Waals surface area contributed by atoms with Crippen molar-refractivity contribution >= 4 is 11.7 Å². The molecule has 2 amide bonds. The van der Waals surface area contributed by atoms with Crippen molar-refractivity contribution < 1.29 is 19.0 Å². The van der Waals surface area contributed by atoms with Gasteiger partial charge in [0.15, 0.2) is 0 Å². The van der Waals surface area contributed by atoms with Gasteiger partial charge >= 0.3 is 6.03 Å². The van der Waals surface area contributed by atoms with E-state index in [2.05, 4.69) is 20.5 Å². The summed E-state index contributed by atoms with van der Waals surface area (Å²) in [7, 11) is 3.33. The van der Waals surface area contributed by atoms with E-state index in [1.54, 1.807) is 32.5 Å². The van der Waals surface area contributed by atoms with Gasteiger partial charge in [-0.2, -0.15) is 0 Å². The zero-order chi connectivity index (χ0) is 17.9.